The van der Waals surface area contributed by atoms with Crippen LogP contribution in [-0.2, 0) is 17.9 Å². The van der Waals surface area contributed by atoms with E-state index in [4.69, 9.17) is 9.47 Å². The average molecular weight is 377 g/mol. The maximum Gasteiger partial charge on any atom is 0.194 e. The number of nitrogens with zero attached hydrogens (tertiary/aromatic N) is 3. The van der Waals surface area contributed by atoms with E-state index in [1.165, 1.54) is 0 Å². The summed E-state index contributed by atoms with van der Waals surface area (Å²) in [4.78, 5) is 11.2. The fourth-order valence-corrected chi connectivity index (χ4v) is 3.04. The summed E-state index contributed by atoms with van der Waals surface area (Å²) in [6.45, 7) is 7.37. The lowest BCUT2D eigenvalue weighted by Gasteiger charge is -2.21. The molecule has 26 heavy (non-hydrogen) atoms. The lowest BCUT2D eigenvalue weighted by Crippen LogP contribution is -2.38. The molecule has 0 saturated carbocycles. The van der Waals surface area contributed by atoms with Crippen molar-refractivity contribution in [2.45, 2.75) is 27.0 Å². The molecule has 0 aliphatic rings. The van der Waals surface area contributed by atoms with Crippen LogP contribution in [0.15, 0.2) is 34.6 Å². The van der Waals surface area contributed by atoms with Gasteiger partial charge in [0.15, 0.2) is 5.96 Å². The lowest BCUT2D eigenvalue weighted by molar-refractivity contribution is 0.128. The predicted octanol–water partition coefficient (Wildman–Crippen LogP) is 3.07. The van der Waals surface area contributed by atoms with Gasteiger partial charge in [-0.05, 0) is 31.5 Å². The van der Waals surface area contributed by atoms with Crippen LogP contribution >= 0.6 is 11.3 Å². The van der Waals surface area contributed by atoms with Gasteiger partial charge in [0.05, 0.1) is 44.1 Å². The van der Waals surface area contributed by atoms with E-state index in [1.54, 1.807) is 18.4 Å². The Morgan fingerprint density at radius 3 is 2.92 bits per heavy atom. The number of hydrogen-bond acceptors (Lipinski definition) is 5. The van der Waals surface area contributed by atoms with Crippen LogP contribution in [0.3, 0.4) is 0 Å². The minimum Gasteiger partial charge on any atom is -0.497 e. The normalized spacial score (nSPS) is 11.5. The van der Waals surface area contributed by atoms with Crippen molar-refractivity contribution >= 4 is 17.3 Å². The van der Waals surface area contributed by atoms with Gasteiger partial charge in [-0.25, -0.2) is 4.98 Å². The van der Waals surface area contributed by atoms with Crippen molar-refractivity contribution in [2.75, 3.05) is 33.9 Å². The first kappa shape index (κ1) is 20.2. The molecule has 0 aliphatic carbocycles. The van der Waals surface area contributed by atoms with Crippen LogP contribution in [0.5, 0.6) is 5.75 Å². The van der Waals surface area contributed by atoms with Gasteiger partial charge < -0.3 is 19.7 Å². The predicted molar refractivity (Wildman–Crippen MR) is 107 cm³/mol. The van der Waals surface area contributed by atoms with E-state index in [0.717, 1.165) is 41.1 Å². The number of aliphatic imine (C=N–C) groups is 1. The van der Waals surface area contributed by atoms with Gasteiger partial charge in [-0.1, -0.05) is 12.1 Å². The molecule has 142 valence electrons. The molecule has 0 amide bonds. The van der Waals surface area contributed by atoms with Crippen molar-refractivity contribution in [1.82, 2.24) is 15.2 Å². The molecule has 0 aliphatic heterocycles. The zero-order valence-corrected chi connectivity index (χ0v) is 16.8. The fraction of sp³-hybridized carbons (Fsp3) is 0.474. The van der Waals surface area contributed by atoms with Crippen molar-refractivity contribution in [2.24, 2.45) is 4.99 Å². The minimum atomic E-state index is 0.553. The second kappa shape index (κ2) is 10.8. The van der Waals surface area contributed by atoms with E-state index in [0.29, 0.717) is 19.8 Å². The third kappa shape index (κ3) is 6.65. The summed E-state index contributed by atoms with van der Waals surface area (Å²) in [5.41, 5.74) is 2.16. The van der Waals surface area contributed by atoms with Gasteiger partial charge in [0.2, 0.25) is 0 Å². The fourth-order valence-electron chi connectivity index (χ4n) is 2.44. The quantitative estimate of drug-likeness (QED) is 0.414. The van der Waals surface area contributed by atoms with Gasteiger partial charge >= 0.3 is 0 Å². The Hall–Kier alpha value is -2.12. The molecule has 0 bridgehead atoms. The second-order valence-electron chi connectivity index (χ2n) is 5.85. The number of ether oxygens (including phenoxy) is 2. The lowest BCUT2D eigenvalue weighted by atomic mass is 10.2. The van der Waals surface area contributed by atoms with Gasteiger partial charge in [-0.3, -0.25) is 4.99 Å². The number of aryl methyl sites for hydroxylation is 1. The number of guanidine groups is 1. The molecule has 6 nitrogen and oxygen atoms in total. The van der Waals surface area contributed by atoms with Gasteiger partial charge in [0.25, 0.3) is 0 Å². The van der Waals surface area contributed by atoms with E-state index in [9.17, 15) is 0 Å². The monoisotopic (exact) mass is 376 g/mol. The molecule has 1 N–H and O–H groups in total. The molecule has 1 heterocycles. The largest absolute Gasteiger partial charge is 0.497 e. The summed E-state index contributed by atoms with van der Waals surface area (Å²) >= 11 is 1.67. The summed E-state index contributed by atoms with van der Waals surface area (Å²) < 4.78 is 11.0. The van der Waals surface area contributed by atoms with E-state index >= 15 is 0 Å². The smallest absolute Gasteiger partial charge is 0.194 e. The number of aromatic nitrogens is 1. The molecule has 7 heteroatoms. The Bertz CT molecular complexity index is 702. The molecule has 2 rings (SSSR count). The number of hydrogen-bond donors (Lipinski definition) is 1. The maximum absolute atomic E-state index is 5.73. The zero-order chi connectivity index (χ0) is 18.8. The Labute approximate surface area is 159 Å². The van der Waals surface area contributed by atoms with Crippen LogP contribution in [0, 0.1) is 6.92 Å². The molecule has 0 saturated heterocycles. The van der Waals surface area contributed by atoms with Crippen LogP contribution < -0.4 is 10.1 Å². The molecule has 0 spiro atoms. The highest BCUT2D eigenvalue weighted by molar-refractivity contribution is 7.09. The number of rotatable bonds is 9. The molecule has 2 aromatic rings. The van der Waals surface area contributed by atoms with Crippen LogP contribution in [0.1, 0.15) is 23.2 Å². The van der Waals surface area contributed by atoms with E-state index in [1.807, 2.05) is 38.2 Å². The molecule has 1 aromatic carbocycles. The standard InChI is InChI=1S/C19H28N4O2S/c1-5-20-19(23(3)12-17-14-26-15(2)22-17)21-9-10-25-13-16-7-6-8-18(11-16)24-4/h6-8,11,14H,5,9-10,12-13H2,1-4H3,(H,20,21). The Morgan fingerprint density at radius 2 is 2.23 bits per heavy atom. The van der Waals surface area contributed by atoms with Crippen LogP contribution in [0.4, 0.5) is 0 Å². The topological polar surface area (TPSA) is 59.0 Å². The number of nitrogens with one attached hydrogen (secondary N) is 1. The Morgan fingerprint density at radius 1 is 1.38 bits per heavy atom. The summed E-state index contributed by atoms with van der Waals surface area (Å²) in [6, 6.07) is 7.90. The van der Waals surface area contributed by atoms with Gasteiger partial charge in [0.1, 0.15) is 5.75 Å². The van der Waals surface area contributed by atoms with Gasteiger partial charge in [0, 0.05) is 19.0 Å². The Balaban J connectivity index is 1.80. The average Bonchev–Trinajstić information content (AvgIpc) is 3.05. The van der Waals surface area contributed by atoms with Gasteiger partial charge in [-0.15, -0.1) is 11.3 Å². The van der Waals surface area contributed by atoms with Crippen molar-refractivity contribution in [3.05, 3.63) is 45.9 Å². The molecular formula is C19H28N4O2S. The Kier molecular flexibility index (Phi) is 8.37. The zero-order valence-electron chi connectivity index (χ0n) is 16.0. The number of thiazole rings is 1. The van der Waals surface area contributed by atoms with Crippen LogP contribution in [0.25, 0.3) is 0 Å². The highest BCUT2D eigenvalue weighted by atomic mass is 32.1. The van der Waals surface area contributed by atoms with E-state index in [-0.39, 0.29) is 0 Å². The summed E-state index contributed by atoms with van der Waals surface area (Å²) in [6.07, 6.45) is 0. The first-order valence-corrected chi connectivity index (χ1v) is 9.61. The molecule has 0 fully saturated rings. The van der Waals surface area contributed by atoms with Crippen molar-refractivity contribution in [1.29, 1.82) is 0 Å². The first-order valence-electron chi connectivity index (χ1n) is 8.73. The molecule has 1 aromatic heterocycles. The highest BCUT2D eigenvalue weighted by Crippen LogP contribution is 2.13. The van der Waals surface area contributed by atoms with Gasteiger partial charge in [-0.2, -0.15) is 0 Å². The summed E-state index contributed by atoms with van der Waals surface area (Å²) in [7, 11) is 3.69. The highest BCUT2D eigenvalue weighted by Gasteiger charge is 2.08. The van der Waals surface area contributed by atoms with Crippen LogP contribution in [0.2, 0.25) is 0 Å². The summed E-state index contributed by atoms with van der Waals surface area (Å²) in [5.74, 6) is 1.71. The SMILES string of the molecule is CCNC(=NCCOCc1cccc(OC)c1)N(C)Cc1csc(C)n1. The third-order valence-corrected chi connectivity index (χ3v) is 4.48. The van der Waals surface area contributed by atoms with Crippen molar-refractivity contribution < 1.29 is 9.47 Å². The van der Waals surface area contributed by atoms with Crippen LogP contribution in [-0.4, -0.2) is 49.7 Å². The second-order valence-corrected chi connectivity index (χ2v) is 6.92. The first-order chi connectivity index (χ1) is 12.6. The molecule has 0 unspecified atom stereocenters. The molecular weight excluding hydrogens is 348 g/mol. The maximum atomic E-state index is 5.73. The number of methoxy groups -OCH3 is 1. The summed E-state index contributed by atoms with van der Waals surface area (Å²) in [5, 5.41) is 6.49. The third-order valence-electron chi connectivity index (χ3n) is 3.66. The molecule has 0 atom stereocenters. The van der Waals surface area contributed by atoms with E-state index < -0.39 is 0 Å². The minimum absolute atomic E-state index is 0.553. The van der Waals surface area contributed by atoms with Crippen molar-refractivity contribution in [3.63, 3.8) is 0 Å². The number of benzene rings is 1. The molecule has 0 radical (unpaired) electrons. The van der Waals surface area contributed by atoms with E-state index in [2.05, 4.69) is 32.5 Å². The van der Waals surface area contributed by atoms with Crippen molar-refractivity contribution in [3.8, 4) is 5.75 Å².